The van der Waals surface area contributed by atoms with Crippen molar-refractivity contribution in [2.24, 2.45) is 0 Å². The van der Waals surface area contributed by atoms with Gasteiger partial charge in [-0.15, -0.1) is 0 Å². The first-order valence-corrected chi connectivity index (χ1v) is 8.31. The van der Waals surface area contributed by atoms with Gasteiger partial charge in [0, 0.05) is 25.5 Å². The number of aliphatic hydroxyl groups excluding tert-OH is 1. The van der Waals surface area contributed by atoms with E-state index >= 15 is 0 Å². The lowest BCUT2D eigenvalue weighted by molar-refractivity contribution is -0.127. The first-order chi connectivity index (χ1) is 10.6. The molecule has 1 aromatic heterocycles. The van der Waals surface area contributed by atoms with Crippen molar-refractivity contribution in [3.63, 3.8) is 0 Å². The summed E-state index contributed by atoms with van der Waals surface area (Å²) in [7, 11) is 0. The Kier molecular flexibility index (Phi) is 4.49. The Morgan fingerprint density at radius 3 is 3.00 bits per heavy atom. The van der Waals surface area contributed by atoms with Crippen LogP contribution in [-0.2, 0) is 4.79 Å². The maximum absolute atomic E-state index is 12.2. The number of aliphatic hydroxyl groups is 1. The van der Waals surface area contributed by atoms with Crippen LogP contribution in [0.3, 0.4) is 0 Å². The molecule has 1 saturated heterocycles. The van der Waals surface area contributed by atoms with Crippen molar-refractivity contribution < 1.29 is 9.90 Å². The molecular formula is C16H19N3O2S. The third kappa shape index (κ3) is 3.18. The van der Waals surface area contributed by atoms with Crippen LogP contribution in [0.2, 0.25) is 0 Å². The van der Waals surface area contributed by atoms with Crippen LogP contribution in [0.15, 0.2) is 41.8 Å². The summed E-state index contributed by atoms with van der Waals surface area (Å²) < 4.78 is 2.01. The van der Waals surface area contributed by atoms with Crippen LogP contribution in [0.25, 0.3) is 5.69 Å². The Morgan fingerprint density at radius 2 is 2.27 bits per heavy atom. The minimum Gasteiger partial charge on any atom is -0.391 e. The number of β-amino-alcohol motifs (C(OH)–C–C–N with tert-alkyl or cyclic N) is 1. The molecule has 1 fully saturated rings. The Morgan fingerprint density at radius 1 is 1.45 bits per heavy atom. The second-order valence-corrected chi connectivity index (χ2v) is 6.38. The molecule has 6 heteroatoms. The van der Waals surface area contributed by atoms with E-state index in [1.54, 1.807) is 11.1 Å². The molecule has 0 radical (unpaired) electrons. The number of nitrogens with zero attached hydrogens (tertiary/aromatic N) is 3. The summed E-state index contributed by atoms with van der Waals surface area (Å²) in [5.74, 6) is 0.399. The number of para-hydroxylation sites is 1. The molecule has 0 saturated carbocycles. The zero-order chi connectivity index (χ0) is 15.5. The van der Waals surface area contributed by atoms with E-state index in [9.17, 15) is 9.90 Å². The summed E-state index contributed by atoms with van der Waals surface area (Å²) >= 11 is 1.43. The van der Waals surface area contributed by atoms with E-state index in [1.165, 1.54) is 11.8 Å². The number of thioether (sulfide) groups is 1. The zero-order valence-corrected chi connectivity index (χ0v) is 13.3. The van der Waals surface area contributed by atoms with E-state index in [-0.39, 0.29) is 12.0 Å². The number of amides is 1. The molecule has 22 heavy (non-hydrogen) atoms. The number of carbonyl (C=O) groups excluding carboxylic acids is 1. The molecule has 0 aliphatic carbocycles. The van der Waals surface area contributed by atoms with E-state index in [0.717, 1.165) is 16.4 Å². The predicted octanol–water partition coefficient (Wildman–Crippen LogP) is 1.87. The van der Waals surface area contributed by atoms with Gasteiger partial charge in [-0.2, -0.15) is 0 Å². The van der Waals surface area contributed by atoms with E-state index in [4.69, 9.17) is 0 Å². The normalized spacial score (nSPS) is 17.9. The van der Waals surface area contributed by atoms with Crippen molar-refractivity contribution in [2.75, 3.05) is 18.8 Å². The third-order valence-electron chi connectivity index (χ3n) is 3.82. The van der Waals surface area contributed by atoms with Crippen molar-refractivity contribution in [1.82, 2.24) is 14.5 Å². The lowest BCUT2D eigenvalue weighted by atomic mass is 10.2. The van der Waals surface area contributed by atoms with E-state index in [2.05, 4.69) is 18.0 Å². The first-order valence-electron chi connectivity index (χ1n) is 7.33. The highest BCUT2D eigenvalue weighted by atomic mass is 32.2. The standard InChI is InChI=1S/C16H19N3O2S/c1-12-4-2-3-5-14(12)19-9-7-17-16(19)22-11-15(21)18-8-6-13(20)10-18/h2-5,7,9,13,20H,6,8,10-11H2,1H3/t13-/m1/s1. The van der Waals surface area contributed by atoms with Gasteiger partial charge in [-0.3, -0.25) is 9.36 Å². The molecule has 0 unspecified atom stereocenters. The van der Waals surface area contributed by atoms with Gasteiger partial charge < -0.3 is 10.0 Å². The Bertz CT molecular complexity index is 671. The number of hydrogen-bond acceptors (Lipinski definition) is 4. The van der Waals surface area contributed by atoms with Gasteiger partial charge in [0.2, 0.25) is 5.91 Å². The van der Waals surface area contributed by atoms with E-state index < -0.39 is 0 Å². The van der Waals surface area contributed by atoms with Crippen molar-refractivity contribution in [3.8, 4) is 5.69 Å². The number of carbonyl (C=O) groups is 1. The van der Waals surface area contributed by atoms with Crippen molar-refractivity contribution >= 4 is 17.7 Å². The van der Waals surface area contributed by atoms with Crippen LogP contribution in [0.1, 0.15) is 12.0 Å². The fraction of sp³-hybridized carbons (Fsp3) is 0.375. The average Bonchev–Trinajstić information content (AvgIpc) is 3.14. The predicted molar refractivity (Wildman–Crippen MR) is 86.2 cm³/mol. The third-order valence-corrected chi connectivity index (χ3v) is 4.77. The lowest BCUT2D eigenvalue weighted by Gasteiger charge is -2.15. The summed E-state index contributed by atoms with van der Waals surface area (Å²) in [6.45, 7) is 3.15. The maximum atomic E-state index is 12.2. The second-order valence-electron chi connectivity index (χ2n) is 5.44. The number of imidazole rings is 1. The summed E-state index contributed by atoms with van der Waals surface area (Å²) in [6, 6.07) is 8.10. The Labute approximate surface area is 134 Å². The monoisotopic (exact) mass is 317 g/mol. The van der Waals surface area contributed by atoms with Crippen LogP contribution < -0.4 is 0 Å². The maximum Gasteiger partial charge on any atom is 0.233 e. The number of aromatic nitrogens is 2. The van der Waals surface area contributed by atoms with Gasteiger partial charge in [-0.25, -0.2) is 4.98 Å². The highest BCUT2D eigenvalue weighted by molar-refractivity contribution is 7.99. The van der Waals surface area contributed by atoms with Crippen LogP contribution >= 0.6 is 11.8 Å². The number of aryl methyl sites for hydroxylation is 1. The topological polar surface area (TPSA) is 58.4 Å². The zero-order valence-electron chi connectivity index (χ0n) is 12.5. The summed E-state index contributed by atoms with van der Waals surface area (Å²) in [5.41, 5.74) is 2.24. The minimum absolute atomic E-state index is 0.0564. The van der Waals surface area contributed by atoms with Gasteiger partial charge >= 0.3 is 0 Å². The number of hydrogen-bond donors (Lipinski definition) is 1. The molecule has 116 valence electrons. The minimum atomic E-state index is -0.372. The van der Waals surface area contributed by atoms with Crippen molar-refractivity contribution in [1.29, 1.82) is 0 Å². The smallest absolute Gasteiger partial charge is 0.233 e. The lowest BCUT2D eigenvalue weighted by Crippen LogP contribution is -2.31. The summed E-state index contributed by atoms with van der Waals surface area (Å²) in [4.78, 5) is 18.2. The molecular weight excluding hydrogens is 298 g/mol. The molecule has 5 nitrogen and oxygen atoms in total. The van der Waals surface area contributed by atoms with Gasteiger partial charge in [-0.1, -0.05) is 30.0 Å². The molecule has 1 atom stereocenters. The van der Waals surface area contributed by atoms with Crippen LogP contribution in [-0.4, -0.2) is 50.4 Å². The summed E-state index contributed by atoms with van der Waals surface area (Å²) in [5, 5.41) is 10.3. The fourth-order valence-electron chi connectivity index (χ4n) is 2.60. The number of likely N-dealkylation sites (tertiary alicyclic amines) is 1. The quantitative estimate of drug-likeness (QED) is 0.875. The number of rotatable bonds is 4. The molecule has 0 bridgehead atoms. The molecule has 1 amide bonds. The molecule has 1 aliphatic rings. The number of benzene rings is 1. The van der Waals surface area contributed by atoms with Crippen molar-refractivity contribution in [3.05, 3.63) is 42.2 Å². The highest BCUT2D eigenvalue weighted by Crippen LogP contribution is 2.23. The van der Waals surface area contributed by atoms with E-state index in [1.807, 2.05) is 29.0 Å². The SMILES string of the molecule is Cc1ccccc1-n1ccnc1SCC(=O)N1CC[C@@H](O)C1. The van der Waals surface area contributed by atoms with Gasteiger partial charge in [0.1, 0.15) is 0 Å². The van der Waals surface area contributed by atoms with Gasteiger partial charge in [0.05, 0.1) is 17.5 Å². The van der Waals surface area contributed by atoms with Crippen LogP contribution in [0.5, 0.6) is 0 Å². The fourth-order valence-corrected chi connectivity index (χ4v) is 3.47. The molecule has 2 aromatic rings. The first kappa shape index (κ1) is 15.1. The molecule has 2 heterocycles. The Hall–Kier alpha value is -1.79. The Balaban J connectivity index is 1.68. The van der Waals surface area contributed by atoms with Gasteiger partial charge in [0.25, 0.3) is 0 Å². The van der Waals surface area contributed by atoms with Gasteiger partial charge in [0.15, 0.2) is 5.16 Å². The largest absolute Gasteiger partial charge is 0.391 e. The molecule has 1 aromatic carbocycles. The molecule has 1 N–H and O–H groups in total. The van der Waals surface area contributed by atoms with Crippen LogP contribution in [0, 0.1) is 6.92 Å². The highest BCUT2D eigenvalue weighted by Gasteiger charge is 2.24. The second kappa shape index (κ2) is 6.54. The summed E-state index contributed by atoms with van der Waals surface area (Å²) in [6.07, 6.45) is 3.96. The average molecular weight is 317 g/mol. The van der Waals surface area contributed by atoms with E-state index in [0.29, 0.717) is 25.3 Å². The molecule has 1 aliphatic heterocycles. The van der Waals surface area contributed by atoms with Crippen LogP contribution in [0.4, 0.5) is 0 Å². The molecule has 3 rings (SSSR count). The molecule has 0 spiro atoms. The van der Waals surface area contributed by atoms with Gasteiger partial charge in [-0.05, 0) is 25.0 Å². The van der Waals surface area contributed by atoms with Crippen molar-refractivity contribution in [2.45, 2.75) is 24.6 Å².